The van der Waals surface area contributed by atoms with Crippen molar-refractivity contribution in [3.05, 3.63) is 32.3 Å². The summed E-state index contributed by atoms with van der Waals surface area (Å²) in [5, 5.41) is 22.0. The van der Waals surface area contributed by atoms with Gasteiger partial charge in [0.1, 0.15) is 9.37 Å². The zero-order chi connectivity index (χ0) is 16.5. The van der Waals surface area contributed by atoms with Crippen molar-refractivity contribution in [2.24, 2.45) is 0 Å². The lowest BCUT2D eigenvalue weighted by atomic mass is 10.2. The third-order valence-corrected chi connectivity index (χ3v) is 6.06. The summed E-state index contributed by atoms with van der Waals surface area (Å²) in [4.78, 5) is 20.6. The standard InChI is InChI=1S/C11H11BrN2O7S/c12-10-8(14(17)18)5-7(11(15)16)6-9(10)22(19,20)13-1-3-21-4-2-13/h5-6H,1-4H2,(H,15,16)/p-1. The lowest BCUT2D eigenvalue weighted by molar-refractivity contribution is -0.386. The van der Waals surface area contributed by atoms with E-state index in [-0.39, 0.29) is 30.8 Å². The number of carboxylic acid groups (broad SMARTS) is 1. The molecule has 120 valence electrons. The van der Waals surface area contributed by atoms with Crippen LogP contribution in [0.15, 0.2) is 21.5 Å². The quantitative estimate of drug-likeness (QED) is 0.508. The topological polar surface area (TPSA) is 130 Å². The van der Waals surface area contributed by atoms with Gasteiger partial charge in [-0.15, -0.1) is 0 Å². The molecule has 0 atom stereocenters. The molecule has 1 heterocycles. The first-order valence-electron chi connectivity index (χ1n) is 6.02. The van der Waals surface area contributed by atoms with Gasteiger partial charge in [-0.05, 0) is 22.0 Å². The molecule has 0 aliphatic carbocycles. The molecule has 1 aliphatic rings. The molecule has 0 radical (unpaired) electrons. The summed E-state index contributed by atoms with van der Waals surface area (Å²) < 4.78 is 31.0. The average molecular weight is 394 g/mol. The van der Waals surface area contributed by atoms with Crippen molar-refractivity contribution < 1.29 is 28.0 Å². The molecule has 0 saturated carbocycles. The van der Waals surface area contributed by atoms with Crippen LogP contribution in [-0.4, -0.2) is 49.9 Å². The minimum atomic E-state index is -4.09. The van der Waals surface area contributed by atoms with Crippen LogP contribution < -0.4 is 5.11 Å². The third-order valence-electron chi connectivity index (χ3n) is 3.04. The van der Waals surface area contributed by atoms with Gasteiger partial charge in [0.25, 0.3) is 5.69 Å². The number of benzene rings is 1. The monoisotopic (exact) mass is 393 g/mol. The van der Waals surface area contributed by atoms with Crippen LogP contribution in [-0.2, 0) is 14.8 Å². The number of carboxylic acids is 1. The van der Waals surface area contributed by atoms with E-state index in [1.165, 1.54) is 0 Å². The molecule has 1 aliphatic heterocycles. The number of ether oxygens (including phenoxy) is 1. The molecule has 1 saturated heterocycles. The van der Waals surface area contributed by atoms with Crippen LogP contribution in [0.3, 0.4) is 0 Å². The molecular weight excluding hydrogens is 384 g/mol. The van der Waals surface area contributed by atoms with Gasteiger partial charge in [0.05, 0.1) is 24.1 Å². The van der Waals surface area contributed by atoms with Crippen molar-refractivity contribution in [1.29, 1.82) is 0 Å². The summed E-state index contributed by atoms with van der Waals surface area (Å²) in [7, 11) is -4.09. The third kappa shape index (κ3) is 3.11. The molecule has 11 heteroatoms. The molecule has 1 aromatic rings. The lowest BCUT2D eigenvalue weighted by Crippen LogP contribution is -2.40. The van der Waals surface area contributed by atoms with Crippen molar-refractivity contribution in [2.45, 2.75) is 4.90 Å². The van der Waals surface area contributed by atoms with E-state index >= 15 is 0 Å². The molecule has 0 unspecified atom stereocenters. The fraction of sp³-hybridized carbons (Fsp3) is 0.364. The molecule has 0 amide bonds. The van der Waals surface area contributed by atoms with Crippen molar-refractivity contribution in [2.75, 3.05) is 26.3 Å². The average Bonchev–Trinajstić information content (AvgIpc) is 2.47. The smallest absolute Gasteiger partial charge is 0.285 e. The van der Waals surface area contributed by atoms with Gasteiger partial charge < -0.3 is 14.6 Å². The molecule has 0 spiro atoms. The van der Waals surface area contributed by atoms with Gasteiger partial charge in [-0.1, -0.05) is 0 Å². The van der Waals surface area contributed by atoms with Crippen LogP contribution >= 0.6 is 15.9 Å². The predicted octanol–water partition coefficient (Wildman–Crippen LogP) is -0.258. The van der Waals surface area contributed by atoms with Gasteiger partial charge in [0, 0.05) is 24.7 Å². The predicted molar refractivity (Wildman–Crippen MR) is 74.7 cm³/mol. The summed E-state index contributed by atoms with van der Waals surface area (Å²) >= 11 is 2.88. The second-order valence-electron chi connectivity index (χ2n) is 4.37. The number of carbonyl (C=O) groups is 1. The van der Waals surface area contributed by atoms with Gasteiger partial charge >= 0.3 is 0 Å². The Kier molecular flexibility index (Phi) is 4.80. The van der Waals surface area contributed by atoms with Crippen molar-refractivity contribution in [1.82, 2.24) is 4.31 Å². The van der Waals surface area contributed by atoms with E-state index in [0.29, 0.717) is 0 Å². The van der Waals surface area contributed by atoms with Gasteiger partial charge in [-0.3, -0.25) is 10.1 Å². The Balaban J connectivity index is 2.62. The Bertz CT molecular complexity index is 728. The Labute approximate surface area is 133 Å². The minimum Gasteiger partial charge on any atom is -0.545 e. The van der Waals surface area contributed by atoms with Crippen LogP contribution in [0.2, 0.25) is 0 Å². The first-order chi connectivity index (χ1) is 10.2. The Morgan fingerprint density at radius 1 is 1.32 bits per heavy atom. The number of hydrogen-bond donors (Lipinski definition) is 0. The highest BCUT2D eigenvalue weighted by Gasteiger charge is 2.32. The highest BCUT2D eigenvalue weighted by atomic mass is 79.9. The van der Waals surface area contributed by atoms with Crippen LogP contribution in [0.25, 0.3) is 0 Å². The van der Waals surface area contributed by atoms with Crippen LogP contribution in [0.5, 0.6) is 0 Å². The van der Waals surface area contributed by atoms with Gasteiger partial charge in [0.2, 0.25) is 10.0 Å². The molecule has 9 nitrogen and oxygen atoms in total. The Hall–Kier alpha value is -1.56. The maximum atomic E-state index is 12.6. The van der Waals surface area contributed by atoms with Crippen LogP contribution in [0, 0.1) is 10.1 Å². The number of nitro benzene ring substituents is 1. The molecule has 1 aromatic carbocycles. The van der Waals surface area contributed by atoms with Crippen LogP contribution in [0.4, 0.5) is 5.69 Å². The van der Waals surface area contributed by atoms with E-state index in [1.807, 2.05) is 0 Å². The number of carbonyl (C=O) groups excluding carboxylic acids is 1. The van der Waals surface area contributed by atoms with E-state index in [1.54, 1.807) is 0 Å². The van der Waals surface area contributed by atoms with E-state index in [9.17, 15) is 28.4 Å². The minimum absolute atomic E-state index is 0.0815. The first kappa shape index (κ1) is 16.8. The molecule has 22 heavy (non-hydrogen) atoms. The maximum absolute atomic E-state index is 12.6. The molecule has 0 bridgehead atoms. The highest BCUT2D eigenvalue weighted by Crippen LogP contribution is 2.34. The largest absolute Gasteiger partial charge is 0.545 e. The molecule has 2 rings (SSSR count). The number of hydrogen-bond acceptors (Lipinski definition) is 7. The molecule has 1 fully saturated rings. The number of morpholine rings is 1. The fourth-order valence-corrected chi connectivity index (χ4v) is 4.45. The zero-order valence-corrected chi connectivity index (χ0v) is 13.4. The van der Waals surface area contributed by atoms with E-state index in [4.69, 9.17) is 4.74 Å². The highest BCUT2D eigenvalue weighted by molar-refractivity contribution is 9.10. The van der Waals surface area contributed by atoms with E-state index < -0.39 is 37.1 Å². The number of nitrogens with zero attached hydrogens (tertiary/aromatic N) is 2. The number of nitro groups is 1. The summed E-state index contributed by atoms with van der Waals surface area (Å²) in [5.74, 6) is -1.70. The first-order valence-corrected chi connectivity index (χ1v) is 8.25. The number of halogens is 1. The second-order valence-corrected chi connectivity index (χ2v) is 7.07. The second kappa shape index (κ2) is 6.28. The van der Waals surface area contributed by atoms with Crippen molar-refractivity contribution in [3.63, 3.8) is 0 Å². The molecule has 0 N–H and O–H groups in total. The molecular formula is C11H10BrN2O7S-. The van der Waals surface area contributed by atoms with Crippen LogP contribution in [0.1, 0.15) is 10.4 Å². The van der Waals surface area contributed by atoms with Gasteiger partial charge in [0.15, 0.2) is 0 Å². The van der Waals surface area contributed by atoms with Crippen molar-refractivity contribution in [3.8, 4) is 0 Å². The number of rotatable bonds is 4. The Morgan fingerprint density at radius 3 is 2.41 bits per heavy atom. The summed E-state index contributed by atoms with van der Waals surface area (Å²) in [6, 6.07) is 1.59. The number of sulfonamides is 1. The molecule has 0 aromatic heterocycles. The summed E-state index contributed by atoms with van der Waals surface area (Å²) in [5.41, 5.74) is -1.24. The van der Waals surface area contributed by atoms with Gasteiger partial charge in [-0.2, -0.15) is 4.31 Å². The van der Waals surface area contributed by atoms with E-state index in [2.05, 4.69) is 15.9 Å². The SMILES string of the molecule is O=C([O-])c1cc([N+](=O)[O-])c(Br)c(S(=O)(=O)N2CCOCC2)c1. The van der Waals surface area contributed by atoms with Gasteiger partial charge in [-0.25, -0.2) is 8.42 Å². The number of aromatic carboxylic acids is 1. The maximum Gasteiger partial charge on any atom is 0.285 e. The Morgan fingerprint density at radius 2 is 1.91 bits per heavy atom. The van der Waals surface area contributed by atoms with Crippen molar-refractivity contribution >= 4 is 37.6 Å². The normalized spacial score (nSPS) is 16.4. The van der Waals surface area contributed by atoms with E-state index in [0.717, 1.165) is 16.4 Å². The fourth-order valence-electron chi connectivity index (χ4n) is 1.95. The lowest BCUT2D eigenvalue weighted by Gasteiger charge is -2.26. The summed E-state index contributed by atoms with van der Waals surface area (Å²) in [6.07, 6.45) is 0. The summed E-state index contributed by atoms with van der Waals surface area (Å²) in [6.45, 7) is 0.550. The zero-order valence-electron chi connectivity index (χ0n) is 11.0.